The summed E-state index contributed by atoms with van der Waals surface area (Å²) < 4.78 is 14.4. The van der Waals surface area contributed by atoms with Crippen LogP contribution < -0.4 is 5.32 Å². The fraction of sp³-hybridized carbons (Fsp3) is 0.0714. The molecule has 0 bridgehead atoms. The second kappa shape index (κ2) is 5.40. The van der Waals surface area contributed by atoms with Gasteiger partial charge < -0.3 is 10.4 Å². The van der Waals surface area contributed by atoms with Crippen LogP contribution in [-0.2, 0) is 0 Å². The average molecular weight is 324 g/mol. The number of anilines is 1. The number of carbonyl (C=O) groups excluding carboxylic acids is 1. The highest BCUT2D eigenvalue weighted by Gasteiger charge is 2.13. The molecular formula is C14H11BrFNO2. The van der Waals surface area contributed by atoms with Crippen molar-refractivity contribution in [3.63, 3.8) is 0 Å². The number of aromatic hydroxyl groups is 1. The zero-order valence-corrected chi connectivity index (χ0v) is 11.7. The van der Waals surface area contributed by atoms with Crippen molar-refractivity contribution in [3.05, 3.63) is 57.8 Å². The Hall–Kier alpha value is -1.88. The van der Waals surface area contributed by atoms with Crippen molar-refractivity contribution in [2.75, 3.05) is 5.32 Å². The number of carbonyl (C=O) groups is 1. The van der Waals surface area contributed by atoms with E-state index >= 15 is 0 Å². The maximum absolute atomic E-state index is 13.6. The fourth-order valence-corrected chi connectivity index (χ4v) is 1.99. The molecular weight excluding hydrogens is 313 g/mol. The van der Waals surface area contributed by atoms with Gasteiger partial charge in [0.2, 0.25) is 0 Å². The smallest absolute Gasteiger partial charge is 0.258 e. The van der Waals surface area contributed by atoms with Crippen molar-refractivity contribution in [3.8, 4) is 5.75 Å². The largest absolute Gasteiger partial charge is 0.508 e. The van der Waals surface area contributed by atoms with E-state index in [4.69, 9.17) is 5.11 Å². The fourth-order valence-electron chi connectivity index (χ4n) is 1.62. The lowest BCUT2D eigenvalue weighted by Gasteiger charge is -2.10. The predicted octanol–water partition coefficient (Wildman–Crippen LogP) is 3.85. The molecule has 3 nitrogen and oxygen atoms in total. The van der Waals surface area contributed by atoms with E-state index in [-0.39, 0.29) is 11.3 Å². The number of amides is 1. The molecule has 0 fully saturated rings. The molecule has 0 heterocycles. The van der Waals surface area contributed by atoms with Crippen molar-refractivity contribution in [2.24, 2.45) is 0 Å². The Labute approximate surface area is 118 Å². The summed E-state index contributed by atoms with van der Waals surface area (Å²) in [6.07, 6.45) is 0. The molecule has 0 saturated heterocycles. The van der Waals surface area contributed by atoms with Crippen LogP contribution >= 0.6 is 15.9 Å². The minimum Gasteiger partial charge on any atom is -0.508 e. The van der Waals surface area contributed by atoms with E-state index in [0.29, 0.717) is 5.69 Å². The highest BCUT2D eigenvalue weighted by Crippen LogP contribution is 2.24. The monoisotopic (exact) mass is 323 g/mol. The first-order chi connectivity index (χ1) is 8.99. The molecule has 0 aliphatic heterocycles. The van der Waals surface area contributed by atoms with Gasteiger partial charge in [-0.05, 0) is 36.8 Å². The summed E-state index contributed by atoms with van der Waals surface area (Å²) in [7, 11) is 0. The summed E-state index contributed by atoms with van der Waals surface area (Å²) in [6.45, 7) is 1.84. The topological polar surface area (TPSA) is 49.3 Å². The third kappa shape index (κ3) is 2.93. The number of hydrogen-bond acceptors (Lipinski definition) is 2. The molecule has 2 rings (SSSR count). The molecule has 2 aromatic rings. The number of halogens is 2. The summed E-state index contributed by atoms with van der Waals surface area (Å²) in [4.78, 5) is 12.0. The number of phenols is 1. The number of benzene rings is 2. The SMILES string of the molecule is Cc1c(Br)cccc1NC(=O)c1ccc(O)cc1F. The number of rotatable bonds is 2. The Morgan fingerprint density at radius 1 is 1.32 bits per heavy atom. The van der Waals surface area contributed by atoms with Crippen LogP contribution in [0.3, 0.4) is 0 Å². The van der Waals surface area contributed by atoms with Crippen LogP contribution in [0.2, 0.25) is 0 Å². The highest BCUT2D eigenvalue weighted by atomic mass is 79.9. The van der Waals surface area contributed by atoms with E-state index in [2.05, 4.69) is 21.2 Å². The Morgan fingerprint density at radius 2 is 2.05 bits per heavy atom. The molecule has 0 aliphatic rings. The van der Waals surface area contributed by atoms with Gasteiger partial charge in [0.05, 0.1) is 5.56 Å². The zero-order valence-electron chi connectivity index (χ0n) is 10.1. The molecule has 2 N–H and O–H groups in total. The van der Waals surface area contributed by atoms with Gasteiger partial charge in [0.15, 0.2) is 0 Å². The van der Waals surface area contributed by atoms with Crippen molar-refractivity contribution in [1.82, 2.24) is 0 Å². The van der Waals surface area contributed by atoms with Crippen LogP contribution in [0.25, 0.3) is 0 Å². The Morgan fingerprint density at radius 3 is 2.74 bits per heavy atom. The van der Waals surface area contributed by atoms with E-state index in [1.807, 2.05) is 13.0 Å². The summed E-state index contributed by atoms with van der Waals surface area (Å²) in [6, 6.07) is 8.78. The van der Waals surface area contributed by atoms with Gasteiger partial charge >= 0.3 is 0 Å². The quantitative estimate of drug-likeness (QED) is 0.881. The minimum absolute atomic E-state index is 0.114. The molecule has 0 aromatic heterocycles. The summed E-state index contributed by atoms with van der Waals surface area (Å²) in [5.41, 5.74) is 1.35. The van der Waals surface area contributed by atoms with Crippen LogP contribution in [-0.4, -0.2) is 11.0 Å². The number of hydrogen-bond donors (Lipinski definition) is 2. The molecule has 0 atom stereocenters. The van der Waals surface area contributed by atoms with E-state index < -0.39 is 11.7 Å². The van der Waals surface area contributed by atoms with Crippen LogP contribution in [0.1, 0.15) is 15.9 Å². The highest BCUT2D eigenvalue weighted by molar-refractivity contribution is 9.10. The van der Waals surface area contributed by atoms with E-state index in [1.54, 1.807) is 12.1 Å². The Kier molecular flexibility index (Phi) is 3.85. The van der Waals surface area contributed by atoms with Gasteiger partial charge in [-0.1, -0.05) is 22.0 Å². The molecule has 0 spiro atoms. The lowest BCUT2D eigenvalue weighted by molar-refractivity contribution is 0.102. The number of phenolic OH excluding ortho intramolecular Hbond substituents is 1. The maximum atomic E-state index is 13.6. The first kappa shape index (κ1) is 13.5. The van der Waals surface area contributed by atoms with Crippen LogP contribution in [0.4, 0.5) is 10.1 Å². The first-order valence-corrected chi connectivity index (χ1v) is 6.33. The zero-order chi connectivity index (χ0) is 14.0. The Balaban J connectivity index is 2.28. The van der Waals surface area contributed by atoms with Gasteiger partial charge in [-0.2, -0.15) is 0 Å². The lowest BCUT2D eigenvalue weighted by atomic mass is 10.1. The molecule has 98 valence electrons. The molecule has 1 amide bonds. The van der Waals surface area contributed by atoms with Crippen LogP contribution in [0, 0.1) is 12.7 Å². The van der Waals surface area contributed by atoms with Gasteiger partial charge in [0.1, 0.15) is 11.6 Å². The van der Waals surface area contributed by atoms with Gasteiger partial charge in [-0.25, -0.2) is 4.39 Å². The molecule has 0 saturated carbocycles. The third-order valence-electron chi connectivity index (χ3n) is 2.71. The molecule has 19 heavy (non-hydrogen) atoms. The summed E-state index contributed by atoms with van der Waals surface area (Å²) in [5.74, 6) is -1.53. The molecule has 0 aliphatic carbocycles. The van der Waals surface area contributed by atoms with E-state index in [9.17, 15) is 9.18 Å². The predicted molar refractivity (Wildman–Crippen MR) is 74.9 cm³/mol. The Bertz CT molecular complexity index is 643. The van der Waals surface area contributed by atoms with Crippen molar-refractivity contribution >= 4 is 27.5 Å². The van der Waals surface area contributed by atoms with Crippen molar-refractivity contribution in [1.29, 1.82) is 0 Å². The first-order valence-electron chi connectivity index (χ1n) is 5.54. The molecule has 0 unspecified atom stereocenters. The molecule has 2 aromatic carbocycles. The number of nitrogens with one attached hydrogen (secondary N) is 1. The van der Waals surface area contributed by atoms with Crippen LogP contribution in [0.15, 0.2) is 40.9 Å². The second-order valence-corrected chi connectivity index (χ2v) is 4.89. The van der Waals surface area contributed by atoms with Gasteiger partial charge in [-0.15, -0.1) is 0 Å². The standard InChI is InChI=1S/C14H11BrFNO2/c1-8-11(15)3-2-4-13(8)17-14(19)10-6-5-9(18)7-12(10)16/h2-7,18H,1H3,(H,17,19). The van der Waals surface area contributed by atoms with Gasteiger partial charge in [0, 0.05) is 16.2 Å². The molecule has 5 heteroatoms. The lowest BCUT2D eigenvalue weighted by Crippen LogP contribution is -2.14. The second-order valence-electron chi connectivity index (χ2n) is 4.03. The summed E-state index contributed by atoms with van der Waals surface area (Å²) >= 11 is 3.36. The molecule has 0 radical (unpaired) electrons. The average Bonchev–Trinajstić information content (AvgIpc) is 2.34. The van der Waals surface area contributed by atoms with Gasteiger partial charge in [-0.3, -0.25) is 4.79 Å². The van der Waals surface area contributed by atoms with Crippen molar-refractivity contribution < 1.29 is 14.3 Å². The maximum Gasteiger partial charge on any atom is 0.258 e. The minimum atomic E-state index is -0.759. The van der Waals surface area contributed by atoms with E-state index in [1.165, 1.54) is 12.1 Å². The third-order valence-corrected chi connectivity index (χ3v) is 3.57. The van der Waals surface area contributed by atoms with Gasteiger partial charge in [0.25, 0.3) is 5.91 Å². The van der Waals surface area contributed by atoms with Crippen LogP contribution in [0.5, 0.6) is 5.75 Å². The normalized spacial score (nSPS) is 10.3. The van der Waals surface area contributed by atoms with E-state index in [0.717, 1.165) is 16.1 Å². The van der Waals surface area contributed by atoms with Crippen molar-refractivity contribution in [2.45, 2.75) is 6.92 Å². The summed E-state index contributed by atoms with van der Waals surface area (Å²) in [5, 5.41) is 11.7.